The number of hydrogen-bond donors (Lipinski definition) is 1. The average Bonchev–Trinajstić information content (AvgIpc) is 2.39. The van der Waals surface area contributed by atoms with Gasteiger partial charge in [-0.25, -0.2) is 4.39 Å². The van der Waals surface area contributed by atoms with Crippen molar-refractivity contribution in [1.29, 1.82) is 0 Å². The van der Waals surface area contributed by atoms with Gasteiger partial charge >= 0.3 is 0 Å². The van der Waals surface area contributed by atoms with Gasteiger partial charge in [-0.2, -0.15) is 0 Å². The largest absolute Gasteiger partial charge is 0.334 e. The zero-order chi connectivity index (χ0) is 14.0. The van der Waals surface area contributed by atoms with Crippen LogP contribution < -0.4 is 5.73 Å². The zero-order valence-corrected chi connectivity index (χ0v) is 11.7. The highest BCUT2D eigenvalue weighted by Crippen LogP contribution is 2.34. The van der Waals surface area contributed by atoms with Crippen LogP contribution in [0.5, 0.6) is 0 Å². The molecule has 2 N–H and O–H groups in total. The molecular weight excluding hydrogens is 267 g/mol. The molecule has 2 atom stereocenters. The molecule has 2 unspecified atom stereocenters. The van der Waals surface area contributed by atoms with Crippen LogP contribution in [0.3, 0.4) is 0 Å². The first-order valence-corrected chi connectivity index (χ1v) is 6.93. The molecule has 0 aromatic heterocycles. The lowest BCUT2D eigenvalue weighted by atomic mass is 9.90. The van der Waals surface area contributed by atoms with Crippen LogP contribution in [-0.2, 0) is 4.79 Å². The molecule has 0 radical (unpaired) electrons. The lowest BCUT2D eigenvalue weighted by Gasteiger charge is -2.40. The van der Waals surface area contributed by atoms with Crippen molar-refractivity contribution in [1.82, 2.24) is 4.90 Å². The van der Waals surface area contributed by atoms with E-state index in [-0.39, 0.29) is 17.0 Å². The van der Waals surface area contributed by atoms with Gasteiger partial charge in [-0.15, -0.1) is 0 Å². The fraction of sp³-hybridized carbons (Fsp3) is 0.500. The maximum atomic E-state index is 14.2. The van der Waals surface area contributed by atoms with Gasteiger partial charge in [0.25, 0.3) is 0 Å². The standard InChI is InChI=1S/C14H18ClFN2O/c1-2-8-18-12(19)7-6-11(17)14(18)9-4-3-5-10(15)13(9)16/h3-5,11,14H,2,6-8,17H2,1H3. The van der Waals surface area contributed by atoms with E-state index in [1.54, 1.807) is 17.0 Å². The van der Waals surface area contributed by atoms with Gasteiger partial charge in [0.15, 0.2) is 0 Å². The van der Waals surface area contributed by atoms with E-state index in [9.17, 15) is 9.18 Å². The summed E-state index contributed by atoms with van der Waals surface area (Å²) in [7, 11) is 0. The second-order valence-electron chi connectivity index (χ2n) is 4.88. The Labute approximate surface area is 117 Å². The van der Waals surface area contributed by atoms with Gasteiger partial charge in [0.2, 0.25) is 5.91 Å². The van der Waals surface area contributed by atoms with Crippen molar-refractivity contribution in [2.75, 3.05) is 6.54 Å². The summed E-state index contributed by atoms with van der Waals surface area (Å²) in [5.41, 5.74) is 6.53. The van der Waals surface area contributed by atoms with Gasteiger partial charge in [0, 0.05) is 24.6 Å². The fourth-order valence-electron chi connectivity index (χ4n) is 2.63. The Kier molecular flexibility index (Phi) is 4.42. The molecule has 0 aliphatic carbocycles. The first-order valence-electron chi connectivity index (χ1n) is 6.55. The topological polar surface area (TPSA) is 46.3 Å². The minimum Gasteiger partial charge on any atom is -0.334 e. The van der Waals surface area contributed by atoms with Crippen LogP contribution in [0.2, 0.25) is 5.02 Å². The number of carbonyl (C=O) groups is 1. The SMILES string of the molecule is CCCN1C(=O)CCC(N)C1c1cccc(Cl)c1F. The molecule has 1 fully saturated rings. The summed E-state index contributed by atoms with van der Waals surface area (Å²) in [6, 6.07) is 4.18. The first kappa shape index (κ1) is 14.3. The second kappa shape index (κ2) is 5.88. The van der Waals surface area contributed by atoms with E-state index in [4.69, 9.17) is 17.3 Å². The molecule has 3 nitrogen and oxygen atoms in total. The molecule has 1 aliphatic heterocycles. The van der Waals surface area contributed by atoms with Gasteiger partial charge in [-0.1, -0.05) is 30.7 Å². The molecular formula is C14H18ClFN2O. The third kappa shape index (κ3) is 2.74. The summed E-state index contributed by atoms with van der Waals surface area (Å²) in [4.78, 5) is 13.7. The highest BCUT2D eigenvalue weighted by atomic mass is 35.5. The molecule has 104 valence electrons. The van der Waals surface area contributed by atoms with Gasteiger partial charge in [0.05, 0.1) is 11.1 Å². The molecule has 0 bridgehead atoms. The van der Waals surface area contributed by atoms with Gasteiger partial charge < -0.3 is 10.6 Å². The van der Waals surface area contributed by atoms with Crippen molar-refractivity contribution >= 4 is 17.5 Å². The molecule has 19 heavy (non-hydrogen) atoms. The third-order valence-corrected chi connectivity index (χ3v) is 3.81. The minimum atomic E-state index is -0.472. The van der Waals surface area contributed by atoms with Crippen molar-refractivity contribution in [2.45, 2.75) is 38.3 Å². The van der Waals surface area contributed by atoms with E-state index < -0.39 is 11.9 Å². The molecule has 1 aromatic rings. The number of carbonyl (C=O) groups excluding carboxylic acids is 1. The molecule has 1 aromatic carbocycles. The quantitative estimate of drug-likeness (QED) is 0.928. The van der Waals surface area contributed by atoms with Crippen LogP contribution in [0, 0.1) is 5.82 Å². The maximum Gasteiger partial charge on any atom is 0.223 e. The smallest absolute Gasteiger partial charge is 0.223 e. The molecule has 1 heterocycles. The zero-order valence-electron chi connectivity index (χ0n) is 10.9. The van der Waals surface area contributed by atoms with Crippen LogP contribution in [0.15, 0.2) is 18.2 Å². The maximum absolute atomic E-state index is 14.2. The van der Waals surface area contributed by atoms with Gasteiger partial charge in [0.1, 0.15) is 5.82 Å². The van der Waals surface area contributed by atoms with E-state index in [0.29, 0.717) is 24.9 Å². The van der Waals surface area contributed by atoms with Crippen molar-refractivity contribution in [3.05, 3.63) is 34.6 Å². The Hall–Kier alpha value is -1.13. The number of halogens is 2. The average molecular weight is 285 g/mol. The normalized spacial score (nSPS) is 23.8. The second-order valence-corrected chi connectivity index (χ2v) is 5.28. The molecule has 1 aliphatic rings. The van der Waals surface area contributed by atoms with Crippen molar-refractivity contribution in [3.63, 3.8) is 0 Å². The summed E-state index contributed by atoms with van der Waals surface area (Å²) in [5.74, 6) is -0.437. The number of amides is 1. The molecule has 1 saturated heterocycles. The van der Waals surface area contributed by atoms with Crippen LogP contribution in [-0.4, -0.2) is 23.4 Å². The van der Waals surface area contributed by atoms with Crippen molar-refractivity contribution in [3.8, 4) is 0 Å². The van der Waals surface area contributed by atoms with Crippen LogP contribution in [0.4, 0.5) is 4.39 Å². The van der Waals surface area contributed by atoms with E-state index in [2.05, 4.69) is 0 Å². The predicted octanol–water partition coefficient (Wildman–Crippen LogP) is 2.88. The van der Waals surface area contributed by atoms with Crippen LogP contribution in [0.25, 0.3) is 0 Å². The van der Waals surface area contributed by atoms with E-state index in [1.807, 2.05) is 6.92 Å². The van der Waals surface area contributed by atoms with Crippen molar-refractivity contribution < 1.29 is 9.18 Å². The molecule has 0 saturated carbocycles. The van der Waals surface area contributed by atoms with Gasteiger partial charge in [-0.3, -0.25) is 4.79 Å². The molecule has 2 rings (SSSR count). The summed E-state index contributed by atoms with van der Waals surface area (Å²) >= 11 is 5.82. The summed E-state index contributed by atoms with van der Waals surface area (Å²) < 4.78 is 14.2. The van der Waals surface area contributed by atoms with E-state index >= 15 is 0 Å². The Bertz CT molecular complexity index is 481. The monoisotopic (exact) mass is 284 g/mol. The number of likely N-dealkylation sites (tertiary alicyclic amines) is 1. The lowest BCUT2D eigenvalue weighted by Crippen LogP contribution is -2.49. The number of piperidine rings is 1. The Morgan fingerprint density at radius 1 is 1.53 bits per heavy atom. The first-order chi connectivity index (χ1) is 9.06. The highest BCUT2D eigenvalue weighted by molar-refractivity contribution is 6.30. The van der Waals surface area contributed by atoms with Crippen LogP contribution >= 0.6 is 11.6 Å². The minimum absolute atomic E-state index is 0.0351. The Morgan fingerprint density at radius 3 is 2.95 bits per heavy atom. The lowest BCUT2D eigenvalue weighted by molar-refractivity contribution is -0.137. The number of rotatable bonds is 3. The molecule has 0 spiro atoms. The summed E-state index contributed by atoms with van der Waals surface area (Å²) in [5, 5.41) is 0.0687. The molecule has 1 amide bonds. The van der Waals surface area contributed by atoms with E-state index in [0.717, 1.165) is 6.42 Å². The van der Waals surface area contributed by atoms with Crippen molar-refractivity contribution in [2.24, 2.45) is 5.73 Å². The molecule has 5 heteroatoms. The number of hydrogen-bond acceptors (Lipinski definition) is 2. The highest BCUT2D eigenvalue weighted by Gasteiger charge is 2.36. The summed E-state index contributed by atoms with van der Waals surface area (Å²) in [6.45, 7) is 2.57. The van der Waals surface area contributed by atoms with Gasteiger partial charge in [-0.05, 0) is 18.9 Å². The number of nitrogens with two attached hydrogens (primary N) is 1. The third-order valence-electron chi connectivity index (χ3n) is 3.52. The van der Waals surface area contributed by atoms with E-state index in [1.165, 1.54) is 6.07 Å². The fourth-order valence-corrected chi connectivity index (χ4v) is 2.81. The Balaban J connectivity index is 2.42. The van der Waals surface area contributed by atoms with Crippen LogP contribution in [0.1, 0.15) is 37.8 Å². The Morgan fingerprint density at radius 2 is 2.26 bits per heavy atom. The predicted molar refractivity (Wildman–Crippen MR) is 73.4 cm³/mol. The number of benzene rings is 1. The number of nitrogens with zero attached hydrogens (tertiary/aromatic N) is 1. The summed E-state index contributed by atoms with van der Waals surface area (Å²) in [6.07, 6.45) is 1.83.